The first-order valence-electron chi connectivity index (χ1n) is 9.09. The summed E-state index contributed by atoms with van der Waals surface area (Å²) in [7, 11) is 0. The van der Waals surface area contributed by atoms with Crippen LogP contribution in [-0.2, 0) is 4.79 Å². The van der Waals surface area contributed by atoms with E-state index in [1.54, 1.807) is 18.2 Å². The molecule has 3 aromatic rings. The molecule has 1 aliphatic rings. The molecule has 0 saturated heterocycles. The number of para-hydroxylation sites is 1. The minimum absolute atomic E-state index is 0.380. The third-order valence-electron chi connectivity index (χ3n) is 4.21. The standard InChI is InChI=1S/C21H18N4O4S/c1-2-11-30-21-23-20-18(24-25-21)15-5-3-4-6-16(15)22-19(29-20)13-7-9-14(10-8-13)28-12-17(26)27/h2-10,19,22H,1,11-12H2,(H,26,27)/t19-/m0/s1. The Labute approximate surface area is 177 Å². The van der Waals surface area contributed by atoms with Gasteiger partial charge in [0.1, 0.15) is 5.75 Å². The first-order valence-corrected chi connectivity index (χ1v) is 10.1. The number of hydrogen-bond donors (Lipinski definition) is 2. The summed E-state index contributed by atoms with van der Waals surface area (Å²) in [5.41, 5.74) is 3.07. The Kier molecular flexibility index (Phi) is 5.80. The van der Waals surface area contributed by atoms with E-state index in [1.807, 2.05) is 36.4 Å². The highest BCUT2D eigenvalue weighted by Gasteiger charge is 2.26. The Hall–Kier alpha value is -3.59. The third-order valence-corrected chi connectivity index (χ3v) is 5.04. The highest BCUT2D eigenvalue weighted by Crippen LogP contribution is 2.39. The number of carbonyl (C=O) groups is 1. The Morgan fingerprint density at radius 1 is 1.23 bits per heavy atom. The summed E-state index contributed by atoms with van der Waals surface area (Å²) < 4.78 is 11.4. The van der Waals surface area contributed by atoms with Gasteiger partial charge in [0.05, 0.1) is 0 Å². The van der Waals surface area contributed by atoms with Crippen molar-refractivity contribution < 1.29 is 19.4 Å². The van der Waals surface area contributed by atoms with Crippen LogP contribution in [0.3, 0.4) is 0 Å². The molecule has 2 heterocycles. The van der Waals surface area contributed by atoms with Crippen LogP contribution in [-0.4, -0.2) is 38.6 Å². The molecule has 152 valence electrons. The average molecular weight is 422 g/mol. The van der Waals surface area contributed by atoms with Crippen molar-refractivity contribution in [2.24, 2.45) is 0 Å². The largest absolute Gasteiger partial charge is 0.482 e. The molecule has 2 aromatic carbocycles. The number of fused-ring (bicyclic) bond motifs is 3. The zero-order chi connectivity index (χ0) is 20.9. The number of nitrogens with one attached hydrogen (secondary N) is 1. The van der Waals surface area contributed by atoms with E-state index < -0.39 is 18.8 Å². The molecule has 0 radical (unpaired) electrons. The number of aliphatic carboxylic acids is 1. The van der Waals surface area contributed by atoms with E-state index in [0.29, 0.717) is 28.2 Å². The van der Waals surface area contributed by atoms with Crippen molar-refractivity contribution >= 4 is 23.4 Å². The van der Waals surface area contributed by atoms with E-state index in [-0.39, 0.29) is 0 Å². The van der Waals surface area contributed by atoms with E-state index in [4.69, 9.17) is 14.6 Å². The summed E-state index contributed by atoms with van der Waals surface area (Å²) >= 11 is 1.42. The number of ether oxygens (including phenoxy) is 2. The molecule has 2 N–H and O–H groups in total. The van der Waals surface area contributed by atoms with Gasteiger partial charge in [-0.15, -0.1) is 16.8 Å². The van der Waals surface area contributed by atoms with Crippen LogP contribution < -0.4 is 14.8 Å². The first kappa shape index (κ1) is 19.7. The van der Waals surface area contributed by atoms with Crippen molar-refractivity contribution in [2.75, 3.05) is 17.7 Å². The fraction of sp³-hybridized carbons (Fsp3) is 0.143. The van der Waals surface area contributed by atoms with Gasteiger partial charge in [0.25, 0.3) is 0 Å². The molecule has 0 fully saturated rings. The highest BCUT2D eigenvalue weighted by molar-refractivity contribution is 7.99. The van der Waals surface area contributed by atoms with E-state index in [2.05, 4.69) is 27.1 Å². The fourth-order valence-corrected chi connectivity index (χ4v) is 3.39. The predicted molar refractivity (Wildman–Crippen MR) is 113 cm³/mol. The first-order chi connectivity index (χ1) is 14.6. The summed E-state index contributed by atoms with van der Waals surface area (Å²) in [5.74, 6) is 0.475. The monoisotopic (exact) mass is 422 g/mol. The number of carboxylic acid groups (broad SMARTS) is 1. The number of aromatic nitrogens is 3. The molecule has 30 heavy (non-hydrogen) atoms. The smallest absolute Gasteiger partial charge is 0.341 e. The van der Waals surface area contributed by atoms with Crippen molar-refractivity contribution in [3.8, 4) is 22.9 Å². The molecule has 1 atom stereocenters. The highest BCUT2D eigenvalue weighted by atomic mass is 32.2. The lowest BCUT2D eigenvalue weighted by Gasteiger charge is -2.19. The van der Waals surface area contributed by atoms with E-state index in [0.717, 1.165) is 16.8 Å². The minimum atomic E-state index is -1.03. The summed E-state index contributed by atoms with van der Waals surface area (Å²) in [4.78, 5) is 15.2. The molecule has 1 aliphatic heterocycles. The van der Waals surface area contributed by atoms with Gasteiger partial charge in [0.2, 0.25) is 11.0 Å². The van der Waals surface area contributed by atoms with Crippen LogP contribution in [0, 0.1) is 0 Å². The van der Waals surface area contributed by atoms with Crippen molar-refractivity contribution in [2.45, 2.75) is 11.4 Å². The number of thioether (sulfide) groups is 1. The van der Waals surface area contributed by atoms with Gasteiger partial charge in [0.15, 0.2) is 18.5 Å². The zero-order valence-electron chi connectivity index (χ0n) is 15.8. The maximum absolute atomic E-state index is 10.7. The minimum Gasteiger partial charge on any atom is -0.482 e. The Bertz CT molecular complexity index is 1070. The van der Waals surface area contributed by atoms with Gasteiger partial charge < -0.3 is 19.9 Å². The van der Waals surface area contributed by atoms with Crippen molar-refractivity contribution in [1.29, 1.82) is 0 Å². The Balaban J connectivity index is 1.66. The fourth-order valence-electron chi connectivity index (χ4n) is 2.88. The Morgan fingerprint density at radius 3 is 2.80 bits per heavy atom. The molecule has 0 bridgehead atoms. The third kappa shape index (κ3) is 4.36. The lowest BCUT2D eigenvalue weighted by Crippen LogP contribution is -2.17. The average Bonchev–Trinajstić information content (AvgIpc) is 2.93. The molecular weight excluding hydrogens is 404 g/mol. The molecule has 8 nitrogen and oxygen atoms in total. The topological polar surface area (TPSA) is 106 Å². The maximum atomic E-state index is 10.7. The molecule has 0 amide bonds. The molecule has 0 aliphatic carbocycles. The SMILES string of the molecule is C=CCSc1nnc2c(n1)O[C@@H](c1ccc(OCC(=O)O)cc1)Nc1ccccc1-2. The number of nitrogens with zero attached hydrogens (tertiary/aromatic N) is 3. The quantitative estimate of drug-likeness (QED) is 0.434. The van der Waals surface area contributed by atoms with Crippen LogP contribution in [0.4, 0.5) is 5.69 Å². The second-order valence-electron chi connectivity index (χ2n) is 6.29. The van der Waals surface area contributed by atoms with Gasteiger partial charge in [-0.2, -0.15) is 4.98 Å². The van der Waals surface area contributed by atoms with Crippen LogP contribution in [0.2, 0.25) is 0 Å². The van der Waals surface area contributed by atoms with Crippen LogP contribution >= 0.6 is 11.8 Å². The van der Waals surface area contributed by atoms with Crippen molar-refractivity contribution in [1.82, 2.24) is 15.2 Å². The van der Waals surface area contributed by atoms with Gasteiger partial charge in [0, 0.05) is 22.6 Å². The second kappa shape index (κ2) is 8.83. The lowest BCUT2D eigenvalue weighted by atomic mass is 10.1. The number of carboxylic acids is 1. The number of anilines is 1. The van der Waals surface area contributed by atoms with Crippen LogP contribution in [0.5, 0.6) is 11.6 Å². The maximum Gasteiger partial charge on any atom is 0.341 e. The van der Waals surface area contributed by atoms with Crippen molar-refractivity contribution in [3.63, 3.8) is 0 Å². The van der Waals surface area contributed by atoms with Gasteiger partial charge in [-0.05, 0) is 30.3 Å². The molecular formula is C21H18N4O4S. The number of hydrogen-bond acceptors (Lipinski definition) is 8. The summed E-state index contributed by atoms with van der Waals surface area (Å²) in [5, 5.41) is 21.2. The van der Waals surface area contributed by atoms with E-state index in [9.17, 15) is 4.79 Å². The molecule has 0 saturated carbocycles. The summed E-state index contributed by atoms with van der Waals surface area (Å²) in [6.45, 7) is 3.31. The summed E-state index contributed by atoms with van der Waals surface area (Å²) in [6.07, 6.45) is 1.24. The molecule has 9 heteroatoms. The Morgan fingerprint density at radius 2 is 2.03 bits per heavy atom. The zero-order valence-corrected chi connectivity index (χ0v) is 16.6. The van der Waals surface area contributed by atoms with Crippen LogP contribution in [0.15, 0.2) is 66.3 Å². The molecule has 0 unspecified atom stereocenters. The van der Waals surface area contributed by atoms with Crippen LogP contribution in [0.1, 0.15) is 11.8 Å². The van der Waals surface area contributed by atoms with Crippen molar-refractivity contribution in [3.05, 3.63) is 66.7 Å². The number of benzene rings is 2. The van der Waals surface area contributed by atoms with Gasteiger partial charge in [-0.25, -0.2) is 4.79 Å². The van der Waals surface area contributed by atoms with Gasteiger partial charge in [-0.3, -0.25) is 0 Å². The molecule has 0 spiro atoms. The summed E-state index contributed by atoms with van der Waals surface area (Å²) in [6, 6.07) is 14.7. The molecule has 4 rings (SSSR count). The molecule has 1 aromatic heterocycles. The lowest BCUT2D eigenvalue weighted by molar-refractivity contribution is -0.139. The van der Waals surface area contributed by atoms with E-state index in [1.165, 1.54) is 11.8 Å². The predicted octanol–water partition coefficient (Wildman–Crippen LogP) is 3.78. The normalized spacial score (nSPS) is 14.3. The van der Waals surface area contributed by atoms with Crippen LogP contribution in [0.25, 0.3) is 11.3 Å². The van der Waals surface area contributed by atoms with E-state index >= 15 is 0 Å². The van der Waals surface area contributed by atoms with Gasteiger partial charge in [-0.1, -0.05) is 36.0 Å². The number of rotatable bonds is 7. The second-order valence-corrected chi connectivity index (χ2v) is 7.27. The van der Waals surface area contributed by atoms with Gasteiger partial charge >= 0.3 is 5.97 Å².